The fraction of sp³-hybridized carbons (Fsp3) is 0.833. The lowest BCUT2D eigenvalue weighted by molar-refractivity contribution is 0.192. The summed E-state index contributed by atoms with van der Waals surface area (Å²) < 4.78 is 1.82. The molecule has 102 valence electrons. The molecule has 1 fully saturated rings. The second-order valence-electron chi connectivity index (χ2n) is 5.20. The summed E-state index contributed by atoms with van der Waals surface area (Å²) in [7, 11) is 2.19. The van der Waals surface area contributed by atoms with Crippen molar-refractivity contribution < 1.29 is 0 Å². The van der Waals surface area contributed by atoms with Gasteiger partial charge in [0.25, 0.3) is 0 Å². The third-order valence-electron chi connectivity index (χ3n) is 3.49. The third kappa shape index (κ3) is 3.51. The second kappa shape index (κ2) is 6.26. The maximum atomic E-state index is 5.51. The van der Waals surface area contributed by atoms with Crippen LogP contribution >= 0.6 is 0 Å². The number of hydrogen-bond donors (Lipinski definition) is 1. The molecule has 0 bridgehead atoms. The monoisotopic (exact) mass is 252 g/mol. The summed E-state index contributed by atoms with van der Waals surface area (Å²) in [5, 5.41) is 8.30. The minimum atomic E-state index is 0.567. The van der Waals surface area contributed by atoms with Gasteiger partial charge in [-0.05, 0) is 26.9 Å². The van der Waals surface area contributed by atoms with Crippen LogP contribution < -0.4 is 5.73 Å². The highest BCUT2D eigenvalue weighted by atomic mass is 15.4. The molecule has 2 rings (SSSR count). The molecule has 18 heavy (non-hydrogen) atoms. The molecule has 1 atom stereocenters. The van der Waals surface area contributed by atoms with Gasteiger partial charge >= 0.3 is 0 Å². The van der Waals surface area contributed by atoms with Crippen molar-refractivity contribution in [2.24, 2.45) is 5.73 Å². The average molecular weight is 252 g/mol. The quantitative estimate of drug-likeness (QED) is 0.801. The Bertz CT molecular complexity index is 363. The number of rotatable bonds is 4. The minimum Gasteiger partial charge on any atom is -0.329 e. The highest BCUT2D eigenvalue weighted by molar-refractivity contribution is 4.93. The van der Waals surface area contributed by atoms with Crippen LogP contribution in [0.3, 0.4) is 0 Å². The van der Waals surface area contributed by atoms with Crippen LogP contribution in [0.4, 0.5) is 0 Å². The molecule has 1 aliphatic rings. The molecule has 6 nitrogen and oxygen atoms in total. The first-order valence-corrected chi connectivity index (χ1v) is 6.70. The fourth-order valence-electron chi connectivity index (χ4n) is 2.52. The summed E-state index contributed by atoms with van der Waals surface area (Å²) in [4.78, 5) is 4.89. The first kappa shape index (κ1) is 13.5. The molecule has 2 heterocycles. The molecule has 6 heteroatoms. The minimum absolute atomic E-state index is 0.567. The maximum absolute atomic E-state index is 5.51. The highest BCUT2D eigenvalue weighted by Crippen LogP contribution is 2.11. The molecular weight excluding hydrogens is 228 g/mol. The lowest BCUT2D eigenvalue weighted by Gasteiger charge is -2.26. The zero-order valence-corrected chi connectivity index (χ0v) is 11.4. The summed E-state index contributed by atoms with van der Waals surface area (Å²) >= 11 is 0. The van der Waals surface area contributed by atoms with Crippen LogP contribution in [0.5, 0.6) is 0 Å². The van der Waals surface area contributed by atoms with Gasteiger partial charge in [0.1, 0.15) is 0 Å². The number of likely N-dealkylation sites (N-methyl/N-ethyl adjacent to an activating group) is 1. The Kier molecular flexibility index (Phi) is 4.68. The third-order valence-corrected chi connectivity index (χ3v) is 3.49. The van der Waals surface area contributed by atoms with E-state index in [4.69, 9.17) is 5.73 Å². The Morgan fingerprint density at radius 1 is 1.44 bits per heavy atom. The molecule has 0 aromatic carbocycles. The molecule has 1 saturated heterocycles. The molecule has 0 radical (unpaired) electrons. The van der Waals surface area contributed by atoms with Crippen LogP contribution in [-0.2, 0) is 13.1 Å². The Labute approximate surface area is 109 Å². The molecular formula is C12H24N6. The zero-order valence-electron chi connectivity index (χ0n) is 11.4. The van der Waals surface area contributed by atoms with E-state index in [1.807, 2.05) is 10.9 Å². The van der Waals surface area contributed by atoms with Gasteiger partial charge in [-0.2, -0.15) is 0 Å². The first-order valence-electron chi connectivity index (χ1n) is 6.70. The SMILES string of the molecule is CC1CN(C)CCCN1Cc1cn(CCN)nn1. The Morgan fingerprint density at radius 3 is 3.06 bits per heavy atom. The summed E-state index contributed by atoms with van der Waals surface area (Å²) in [6.07, 6.45) is 3.23. The van der Waals surface area contributed by atoms with Gasteiger partial charge in [0.2, 0.25) is 0 Å². The van der Waals surface area contributed by atoms with Crippen LogP contribution in [0, 0.1) is 0 Å². The number of hydrogen-bond acceptors (Lipinski definition) is 5. The van der Waals surface area contributed by atoms with Crippen LogP contribution in [0.15, 0.2) is 6.20 Å². The van der Waals surface area contributed by atoms with Gasteiger partial charge < -0.3 is 10.6 Å². The van der Waals surface area contributed by atoms with Gasteiger partial charge in [-0.1, -0.05) is 5.21 Å². The highest BCUT2D eigenvalue weighted by Gasteiger charge is 2.20. The average Bonchev–Trinajstić information content (AvgIpc) is 2.69. The summed E-state index contributed by atoms with van der Waals surface area (Å²) in [6, 6.07) is 0.567. The van der Waals surface area contributed by atoms with E-state index in [1.165, 1.54) is 13.0 Å². The fourth-order valence-corrected chi connectivity index (χ4v) is 2.52. The Hall–Kier alpha value is -0.980. The van der Waals surface area contributed by atoms with Crippen LogP contribution in [0.2, 0.25) is 0 Å². The number of nitrogens with zero attached hydrogens (tertiary/aromatic N) is 5. The van der Waals surface area contributed by atoms with Crippen LogP contribution in [0.25, 0.3) is 0 Å². The second-order valence-corrected chi connectivity index (χ2v) is 5.20. The lowest BCUT2D eigenvalue weighted by Crippen LogP contribution is -2.37. The van der Waals surface area contributed by atoms with E-state index in [0.717, 1.165) is 31.9 Å². The van der Waals surface area contributed by atoms with E-state index < -0.39 is 0 Å². The summed E-state index contributed by atoms with van der Waals surface area (Å²) in [5.41, 5.74) is 6.55. The van der Waals surface area contributed by atoms with Gasteiger partial charge in [-0.3, -0.25) is 9.58 Å². The van der Waals surface area contributed by atoms with Crippen molar-refractivity contribution in [3.05, 3.63) is 11.9 Å². The van der Waals surface area contributed by atoms with Crippen LogP contribution in [0.1, 0.15) is 19.0 Å². The number of aromatic nitrogens is 3. The standard InChI is InChI=1S/C12H24N6/c1-11-8-16(2)5-3-6-17(11)9-12-10-18(7-4-13)15-14-12/h10-11H,3-9,13H2,1-2H3. The molecule has 1 aromatic rings. The van der Waals surface area contributed by atoms with Crippen molar-refractivity contribution in [3.8, 4) is 0 Å². The predicted octanol–water partition coefficient (Wildman–Crippen LogP) is -0.237. The molecule has 0 spiro atoms. The summed E-state index contributed by atoms with van der Waals surface area (Å²) in [6.45, 7) is 7.96. The molecule has 0 saturated carbocycles. The van der Waals surface area contributed by atoms with Gasteiger partial charge in [0.15, 0.2) is 0 Å². The number of nitrogens with two attached hydrogens (primary N) is 1. The molecule has 0 amide bonds. The summed E-state index contributed by atoms with van der Waals surface area (Å²) in [5.74, 6) is 0. The van der Waals surface area contributed by atoms with Gasteiger partial charge in [0.05, 0.1) is 12.2 Å². The van der Waals surface area contributed by atoms with E-state index in [2.05, 4.69) is 34.1 Å². The molecule has 2 N–H and O–H groups in total. The topological polar surface area (TPSA) is 63.2 Å². The largest absolute Gasteiger partial charge is 0.329 e. The molecule has 1 aromatic heterocycles. The molecule has 1 unspecified atom stereocenters. The predicted molar refractivity (Wildman–Crippen MR) is 71.1 cm³/mol. The molecule has 1 aliphatic heterocycles. The van der Waals surface area contributed by atoms with Crippen molar-refractivity contribution >= 4 is 0 Å². The normalized spacial score (nSPS) is 23.2. The van der Waals surface area contributed by atoms with Gasteiger partial charge in [-0.15, -0.1) is 5.10 Å². The zero-order chi connectivity index (χ0) is 13.0. The first-order chi connectivity index (χ1) is 8.69. The van der Waals surface area contributed by atoms with E-state index in [-0.39, 0.29) is 0 Å². The Balaban J connectivity index is 1.94. The van der Waals surface area contributed by atoms with E-state index in [1.54, 1.807) is 0 Å². The molecule has 0 aliphatic carbocycles. The van der Waals surface area contributed by atoms with E-state index in [9.17, 15) is 0 Å². The van der Waals surface area contributed by atoms with Gasteiger partial charge in [0, 0.05) is 38.4 Å². The van der Waals surface area contributed by atoms with E-state index >= 15 is 0 Å². The lowest BCUT2D eigenvalue weighted by atomic mass is 10.2. The van der Waals surface area contributed by atoms with Crippen molar-refractivity contribution in [2.75, 3.05) is 33.2 Å². The smallest absolute Gasteiger partial charge is 0.0967 e. The van der Waals surface area contributed by atoms with Crippen LogP contribution in [-0.4, -0.2) is 64.1 Å². The van der Waals surface area contributed by atoms with Crippen molar-refractivity contribution in [1.29, 1.82) is 0 Å². The maximum Gasteiger partial charge on any atom is 0.0967 e. The van der Waals surface area contributed by atoms with E-state index in [0.29, 0.717) is 12.6 Å². The van der Waals surface area contributed by atoms with Crippen molar-refractivity contribution in [2.45, 2.75) is 32.5 Å². The van der Waals surface area contributed by atoms with Gasteiger partial charge in [-0.25, -0.2) is 0 Å². The Morgan fingerprint density at radius 2 is 2.28 bits per heavy atom. The van der Waals surface area contributed by atoms with Crippen molar-refractivity contribution in [3.63, 3.8) is 0 Å². The van der Waals surface area contributed by atoms with Crippen molar-refractivity contribution in [1.82, 2.24) is 24.8 Å².